The van der Waals surface area contributed by atoms with Crippen LogP contribution in [0.15, 0.2) is 71.6 Å². The zero-order chi connectivity index (χ0) is 29.4. The van der Waals surface area contributed by atoms with Gasteiger partial charge in [0, 0.05) is 24.7 Å². The molecule has 3 aromatic carbocycles. The van der Waals surface area contributed by atoms with Crippen LogP contribution in [0.5, 0.6) is 11.5 Å². The number of hydrogen-bond acceptors (Lipinski definition) is 6. The molecule has 2 amide bonds. The van der Waals surface area contributed by atoms with E-state index in [2.05, 4.69) is 5.32 Å². The van der Waals surface area contributed by atoms with E-state index in [0.29, 0.717) is 22.8 Å². The first-order valence-electron chi connectivity index (χ1n) is 12.6. The molecule has 0 fully saturated rings. The van der Waals surface area contributed by atoms with Gasteiger partial charge in [0.15, 0.2) is 0 Å². The number of rotatable bonds is 12. The number of likely N-dealkylation sites (N-methyl/N-ethyl adjacent to an activating group) is 1. The molecule has 9 nitrogen and oxygen atoms in total. The lowest BCUT2D eigenvalue weighted by molar-refractivity contribution is -0.140. The summed E-state index contributed by atoms with van der Waals surface area (Å²) in [5, 5.41) is 3.02. The van der Waals surface area contributed by atoms with Gasteiger partial charge in [-0.3, -0.25) is 13.9 Å². The third-order valence-electron chi connectivity index (χ3n) is 6.47. The number of halogens is 1. The van der Waals surface area contributed by atoms with Crippen molar-refractivity contribution in [2.24, 2.45) is 0 Å². The van der Waals surface area contributed by atoms with E-state index in [-0.39, 0.29) is 28.8 Å². The van der Waals surface area contributed by atoms with Crippen LogP contribution in [0.2, 0.25) is 5.02 Å². The number of ether oxygens (including phenoxy) is 2. The van der Waals surface area contributed by atoms with E-state index >= 15 is 0 Å². The second kappa shape index (κ2) is 13.5. The Labute approximate surface area is 240 Å². The Kier molecular flexibility index (Phi) is 10.4. The lowest BCUT2D eigenvalue weighted by Crippen LogP contribution is -2.51. The van der Waals surface area contributed by atoms with Crippen molar-refractivity contribution in [2.45, 2.75) is 37.8 Å². The molecule has 40 heavy (non-hydrogen) atoms. The number of aryl methyl sites for hydroxylation is 1. The topological polar surface area (TPSA) is 105 Å². The minimum absolute atomic E-state index is 0.00189. The summed E-state index contributed by atoms with van der Waals surface area (Å²) in [7, 11) is 0.0753. The average molecular weight is 588 g/mol. The molecule has 0 bridgehead atoms. The molecule has 0 aliphatic rings. The van der Waals surface area contributed by atoms with Gasteiger partial charge in [-0.05, 0) is 49.2 Å². The molecule has 1 atom stereocenters. The molecule has 0 heterocycles. The van der Waals surface area contributed by atoms with E-state index < -0.39 is 28.5 Å². The molecule has 0 aliphatic heterocycles. The number of nitrogens with zero attached hydrogens (tertiary/aromatic N) is 2. The van der Waals surface area contributed by atoms with Crippen molar-refractivity contribution in [3.05, 3.63) is 82.9 Å². The largest absolute Gasteiger partial charge is 0.497 e. The van der Waals surface area contributed by atoms with Gasteiger partial charge in [-0.2, -0.15) is 0 Å². The molecule has 0 saturated heterocycles. The zero-order valence-corrected chi connectivity index (χ0v) is 24.8. The smallest absolute Gasteiger partial charge is 0.264 e. The number of amides is 2. The molecule has 3 rings (SSSR count). The molecule has 0 unspecified atom stereocenters. The Morgan fingerprint density at radius 1 is 1.00 bits per heavy atom. The van der Waals surface area contributed by atoms with Crippen LogP contribution in [-0.2, 0) is 26.2 Å². The van der Waals surface area contributed by atoms with Crippen molar-refractivity contribution in [2.75, 3.05) is 32.1 Å². The highest BCUT2D eigenvalue weighted by Gasteiger charge is 2.35. The number of carbonyl (C=O) groups excluding carboxylic acids is 2. The summed E-state index contributed by atoms with van der Waals surface area (Å²) in [4.78, 5) is 28.3. The Bertz CT molecular complexity index is 1450. The molecular weight excluding hydrogens is 554 g/mol. The van der Waals surface area contributed by atoms with E-state index in [4.69, 9.17) is 21.1 Å². The minimum atomic E-state index is -4.27. The van der Waals surface area contributed by atoms with Gasteiger partial charge in [0.05, 0.1) is 24.8 Å². The summed E-state index contributed by atoms with van der Waals surface area (Å²) >= 11 is 6.40. The number of benzene rings is 3. The number of sulfonamides is 1. The molecule has 3 aromatic rings. The minimum Gasteiger partial charge on any atom is -0.497 e. The van der Waals surface area contributed by atoms with Crippen LogP contribution >= 0.6 is 11.6 Å². The normalized spacial score (nSPS) is 11.8. The highest BCUT2D eigenvalue weighted by molar-refractivity contribution is 7.92. The molecule has 0 radical (unpaired) electrons. The second-order valence-corrected chi connectivity index (χ2v) is 11.3. The third kappa shape index (κ3) is 6.86. The Balaban J connectivity index is 2.16. The zero-order valence-electron chi connectivity index (χ0n) is 23.2. The summed E-state index contributed by atoms with van der Waals surface area (Å²) in [6, 6.07) is 17.1. The molecule has 1 N–H and O–H groups in total. The number of hydrogen-bond donors (Lipinski definition) is 1. The molecule has 0 spiro atoms. The summed E-state index contributed by atoms with van der Waals surface area (Å²) in [5.74, 6) is -0.386. The predicted molar refractivity (Wildman–Crippen MR) is 155 cm³/mol. The van der Waals surface area contributed by atoms with Gasteiger partial charge in [-0.25, -0.2) is 8.42 Å². The maximum atomic E-state index is 14.1. The molecule has 0 aromatic heterocycles. The Morgan fingerprint density at radius 2 is 1.68 bits per heavy atom. The maximum absolute atomic E-state index is 14.1. The average Bonchev–Trinajstić information content (AvgIpc) is 2.96. The molecule has 0 aliphatic carbocycles. The molecular formula is C29H34ClN3O6S. The Hall–Kier alpha value is -3.76. The van der Waals surface area contributed by atoms with Crippen molar-refractivity contribution in [1.29, 1.82) is 0 Å². The van der Waals surface area contributed by atoms with Gasteiger partial charge < -0.3 is 19.7 Å². The highest BCUT2D eigenvalue weighted by Crippen LogP contribution is 2.36. The van der Waals surface area contributed by atoms with Crippen LogP contribution in [0.25, 0.3) is 0 Å². The predicted octanol–water partition coefficient (Wildman–Crippen LogP) is 4.41. The van der Waals surface area contributed by atoms with Crippen LogP contribution < -0.4 is 19.1 Å². The third-order valence-corrected chi connectivity index (χ3v) is 8.62. The van der Waals surface area contributed by atoms with Crippen molar-refractivity contribution in [1.82, 2.24) is 10.2 Å². The van der Waals surface area contributed by atoms with Gasteiger partial charge in [0.2, 0.25) is 11.8 Å². The lowest BCUT2D eigenvalue weighted by Gasteiger charge is -2.33. The summed E-state index contributed by atoms with van der Waals surface area (Å²) in [6.45, 7) is 3.01. The van der Waals surface area contributed by atoms with Gasteiger partial charge in [0.25, 0.3) is 10.0 Å². The van der Waals surface area contributed by atoms with E-state index in [9.17, 15) is 18.0 Å². The number of nitrogens with one attached hydrogen (secondary N) is 1. The summed E-state index contributed by atoms with van der Waals surface area (Å²) in [5.41, 5.74) is 1.61. The maximum Gasteiger partial charge on any atom is 0.264 e. The molecule has 11 heteroatoms. The number of anilines is 1. The summed E-state index contributed by atoms with van der Waals surface area (Å²) < 4.78 is 40.0. The monoisotopic (exact) mass is 587 g/mol. The van der Waals surface area contributed by atoms with E-state index in [1.54, 1.807) is 55.5 Å². The van der Waals surface area contributed by atoms with Crippen LogP contribution in [-0.4, -0.2) is 59.0 Å². The first kappa shape index (κ1) is 30.8. The van der Waals surface area contributed by atoms with Crippen LogP contribution in [0, 0.1) is 6.92 Å². The van der Waals surface area contributed by atoms with E-state index in [0.717, 1.165) is 9.87 Å². The molecule has 0 saturated carbocycles. The fourth-order valence-corrected chi connectivity index (χ4v) is 5.85. The second-order valence-electron chi connectivity index (χ2n) is 9.01. The fourth-order valence-electron chi connectivity index (χ4n) is 4.24. The highest BCUT2D eigenvalue weighted by atomic mass is 35.5. The van der Waals surface area contributed by atoms with E-state index in [1.807, 2.05) is 6.92 Å². The van der Waals surface area contributed by atoms with Crippen LogP contribution in [0.4, 0.5) is 5.69 Å². The van der Waals surface area contributed by atoms with Crippen molar-refractivity contribution < 1.29 is 27.5 Å². The van der Waals surface area contributed by atoms with Gasteiger partial charge in [-0.15, -0.1) is 0 Å². The van der Waals surface area contributed by atoms with Gasteiger partial charge in [0.1, 0.15) is 24.1 Å². The standard InChI is InChI=1S/C29H34ClN3O6S/c1-6-25(29(35)31-3)32(18-21-9-7-8-10-24(21)30)28(34)19-33(26-17-22(38-4)13-16-27(26)39-5)40(36,37)23-14-11-20(2)12-15-23/h7-17,25H,6,18-19H2,1-5H3,(H,31,35)/t25-/m1/s1. The summed E-state index contributed by atoms with van der Waals surface area (Å²) in [6.07, 6.45) is 0.295. The van der Waals surface area contributed by atoms with Crippen LogP contribution in [0.3, 0.4) is 0 Å². The first-order valence-corrected chi connectivity index (χ1v) is 14.4. The van der Waals surface area contributed by atoms with E-state index in [1.165, 1.54) is 44.4 Å². The quantitative estimate of drug-likeness (QED) is 0.336. The van der Waals surface area contributed by atoms with Crippen molar-refractivity contribution in [3.63, 3.8) is 0 Å². The fraction of sp³-hybridized carbons (Fsp3) is 0.310. The van der Waals surface area contributed by atoms with Crippen molar-refractivity contribution >= 4 is 39.1 Å². The lowest BCUT2D eigenvalue weighted by atomic mass is 10.1. The van der Waals surface area contributed by atoms with Gasteiger partial charge >= 0.3 is 0 Å². The number of carbonyl (C=O) groups is 2. The molecule has 214 valence electrons. The SMILES string of the molecule is CC[C@H](C(=O)NC)N(Cc1ccccc1Cl)C(=O)CN(c1cc(OC)ccc1OC)S(=O)(=O)c1ccc(C)cc1. The number of methoxy groups -OCH3 is 2. The Morgan fingerprint density at radius 3 is 2.25 bits per heavy atom. The van der Waals surface area contributed by atoms with Crippen molar-refractivity contribution in [3.8, 4) is 11.5 Å². The van der Waals surface area contributed by atoms with Crippen LogP contribution in [0.1, 0.15) is 24.5 Å². The van der Waals surface area contributed by atoms with Gasteiger partial charge in [-0.1, -0.05) is 54.4 Å². The first-order chi connectivity index (χ1) is 19.1.